The summed E-state index contributed by atoms with van der Waals surface area (Å²) in [7, 11) is 0. The van der Waals surface area contributed by atoms with Crippen LogP contribution in [0, 0.1) is 10.8 Å². The van der Waals surface area contributed by atoms with E-state index in [2.05, 4.69) is 126 Å². The van der Waals surface area contributed by atoms with E-state index in [1.807, 2.05) is 0 Å². The lowest BCUT2D eigenvalue weighted by molar-refractivity contribution is 0.146. The first-order chi connectivity index (χ1) is 15.3. The first-order valence-electron chi connectivity index (χ1n) is 12.2. The molecule has 1 heterocycles. The van der Waals surface area contributed by atoms with E-state index < -0.39 is 0 Å². The molecule has 164 valence electrons. The zero-order chi connectivity index (χ0) is 22.8. The molecular weight excluding hydrogens is 383 g/mol. The average Bonchev–Trinajstić information content (AvgIpc) is 3.07. The smallest absolute Gasteiger partial charge is 0.0797 e. The SMILES string of the molecule is CCC1(C)CB(c2cccc(C(/C=C(\C)c3ccccc3)c3ccccc3)c2)CC1(C)C. The highest BCUT2D eigenvalue weighted by atomic mass is 14.4. The highest BCUT2D eigenvalue weighted by Crippen LogP contribution is 2.55. The number of allylic oxidation sites excluding steroid dienone is 2. The number of hydrogen-bond donors (Lipinski definition) is 0. The van der Waals surface area contributed by atoms with Crippen LogP contribution in [0.2, 0.25) is 12.6 Å². The van der Waals surface area contributed by atoms with Gasteiger partial charge in [-0.1, -0.05) is 143 Å². The fourth-order valence-corrected chi connectivity index (χ4v) is 5.71. The third-order valence-corrected chi connectivity index (χ3v) is 8.41. The zero-order valence-corrected chi connectivity index (χ0v) is 20.4. The van der Waals surface area contributed by atoms with Gasteiger partial charge in [-0.05, 0) is 40.0 Å². The predicted octanol–water partition coefficient (Wildman–Crippen LogP) is 8.08. The first kappa shape index (κ1) is 22.7. The zero-order valence-electron chi connectivity index (χ0n) is 20.4. The highest BCUT2D eigenvalue weighted by Gasteiger charge is 2.49. The second kappa shape index (κ2) is 9.14. The molecule has 1 heteroatoms. The molecule has 0 N–H and O–H groups in total. The molecule has 0 saturated carbocycles. The van der Waals surface area contributed by atoms with Crippen molar-refractivity contribution < 1.29 is 0 Å². The summed E-state index contributed by atoms with van der Waals surface area (Å²) in [6.07, 6.45) is 6.25. The van der Waals surface area contributed by atoms with Gasteiger partial charge in [0.05, 0.1) is 0 Å². The lowest BCUT2D eigenvalue weighted by atomic mass is 9.42. The molecule has 0 bridgehead atoms. The van der Waals surface area contributed by atoms with Gasteiger partial charge in [0.15, 0.2) is 6.71 Å². The Balaban J connectivity index is 1.72. The molecular formula is C31H37B. The Bertz CT molecular complexity index is 1060. The first-order valence-corrected chi connectivity index (χ1v) is 12.2. The average molecular weight is 420 g/mol. The Hall–Kier alpha value is -2.54. The van der Waals surface area contributed by atoms with E-state index in [4.69, 9.17) is 0 Å². The molecule has 0 radical (unpaired) electrons. The van der Waals surface area contributed by atoms with Crippen LogP contribution in [0.4, 0.5) is 0 Å². The maximum Gasteiger partial charge on any atom is 0.176 e. The van der Waals surface area contributed by atoms with Crippen molar-refractivity contribution in [3.63, 3.8) is 0 Å². The molecule has 32 heavy (non-hydrogen) atoms. The Morgan fingerprint density at radius 1 is 0.844 bits per heavy atom. The van der Waals surface area contributed by atoms with Crippen molar-refractivity contribution in [1.29, 1.82) is 0 Å². The summed E-state index contributed by atoms with van der Waals surface area (Å²) in [6.45, 7) is 12.7. The van der Waals surface area contributed by atoms with Crippen LogP contribution in [0.1, 0.15) is 63.6 Å². The van der Waals surface area contributed by atoms with E-state index in [0.717, 1.165) is 0 Å². The van der Waals surface area contributed by atoms with Crippen LogP contribution in [0.15, 0.2) is 91.0 Å². The van der Waals surface area contributed by atoms with Gasteiger partial charge >= 0.3 is 0 Å². The molecule has 1 aliphatic rings. The third kappa shape index (κ3) is 4.49. The van der Waals surface area contributed by atoms with Gasteiger partial charge in [-0.3, -0.25) is 0 Å². The molecule has 0 nitrogen and oxygen atoms in total. The summed E-state index contributed by atoms with van der Waals surface area (Å²) in [5.74, 6) is 0.253. The molecule has 0 amide bonds. The summed E-state index contributed by atoms with van der Waals surface area (Å²) in [5, 5.41) is 0. The van der Waals surface area contributed by atoms with Gasteiger partial charge in [-0.15, -0.1) is 0 Å². The van der Waals surface area contributed by atoms with Gasteiger partial charge in [0.1, 0.15) is 0 Å². The standard InChI is InChI=1S/C31H37B/c1-6-31(5)23-32(22-30(31,3)4)28-19-13-18-27(21-28)29(26-16-11-8-12-17-26)20-24(2)25-14-9-7-10-15-25/h7-21,29H,6,22-23H2,1-5H3/b24-20+. The monoisotopic (exact) mass is 420 g/mol. The van der Waals surface area contributed by atoms with E-state index in [1.54, 1.807) is 0 Å². The summed E-state index contributed by atoms with van der Waals surface area (Å²) in [6, 6.07) is 31.1. The van der Waals surface area contributed by atoms with E-state index in [1.165, 1.54) is 46.8 Å². The predicted molar refractivity (Wildman–Crippen MR) is 142 cm³/mol. The quantitative estimate of drug-likeness (QED) is 0.354. The van der Waals surface area contributed by atoms with Crippen molar-refractivity contribution >= 4 is 17.7 Å². The molecule has 3 aromatic carbocycles. The van der Waals surface area contributed by atoms with Crippen LogP contribution in [-0.4, -0.2) is 6.71 Å². The molecule has 1 fully saturated rings. The Morgan fingerprint density at radius 2 is 1.47 bits per heavy atom. The fourth-order valence-electron chi connectivity index (χ4n) is 5.71. The molecule has 3 aromatic rings. The summed E-state index contributed by atoms with van der Waals surface area (Å²) in [5.41, 5.74) is 7.67. The van der Waals surface area contributed by atoms with E-state index in [-0.39, 0.29) is 5.92 Å². The van der Waals surface area contributed by atoms with Gasteiger partial charge in [0, 0.05) is 5.92 Å². The molecule has 4 rings (SSSR count). The normalized spacial score (nSPS) is 21.5. The van der Waals surface area contributed by atoms with Crippen LogP contribution in [0.5, 0.6) is 0 Å². The largest absolute Gasteiger partial charge is 0.176 e. The van der Waals surface area contributed by atoms with Crippen LogP contribution in [0.25, 0.3) is 5.57 Å². The summed E-state index contributed by atoms with van der Waals surface area (Å²) >= 11 is 0. The number of rotatable bonds is 6. The summed E-state index contributed by atoms with van der Waals surface area (Å²) < 4.78 is 0. The van der Waals surface area contributed by atoms with Crippen molar-refractivity contribution in [1.82, 2.24) is 0 Å². The van der Waals surface area contributed by atoms with Gasteiger partial charge < -0.3 is 0 Å². The minimum atomic E-state index is 0.253. The van der Waals surface area contributed by atoms with E-state index in [9.17, 15) is 0 Å². The molecule has 2 atom stereocenters. The molecule has 1 aliphatic heterocycles. The third-order valence-electron chi connectivity index (χ3n) is 8.41. The number of benzene rings is 3. The fraction of sp³-hybridized carbons (Fsp3) is 0.355. The molecule has 0 aromatic heterocycles. The molecule has 2 unspecified atom stereocenters. The Kier molecular flexibility index (Phi) is 6.47. The van der Waals surface area contributed by atoms with Gasteiger partial charge in [0.25, 0.3) is 0 Å². The van der Waals surface area contributed by atoms with Crippen molar-refractivity contribution in [3.8, 4) is 0 Å². The molecule has 1 saturated heterocycles. The minimum Gasteiger partial charge on any atom is -0.0797 e. The molecule has 0 spiro atoms. The maximum absolute atomic E-state index is 2.50. The lowest BCUT2D eigenvalue weighted by Crippen LogP contribution is -2.28. The van der Waals surface area contributed by atoms with Crippen molar-refractivity contribution in [3.05, 3.63) is 108 Å². The second-order valence-electron chi connectivity index (χ2n) is 10.7. The topological polar surface area (TPSA) is 0 Å². The van der Waals surface area contributed by atoms with Gasteiger partial charge in [-0.2, -0.15) is 0 Å². The lowest BCUT2D eigenvalue weighted by Gasteiger charge is -2.38. The van der Waals surface area contributed by atoms with Crippen LogP contribution in [-0.2, 0) is 0 Å². The highest BCUT2D eigenvalue weighted by molar-refractivity contribution is 6.74. The molecule has 0 aliphatic carbocycles. The van der Waals surface area contributed by atoms with E-state index in [0.29, 0.717) is 17.5 Å². The van der Waals surface area contributed by atoms with Crippen LogP contribution < -0.4 is 5.46 Å². The Labute approximate surface area is 195 Å². The second-order valence-corrected chi connectivity index (χ2v) is 10.7. The van der Waals surface area contributed by atoms with Gasteiger partial charge in [0.2, 0.25) is 0 Å². The Morgan fingerprint density at radius 3 is 2.09 bits per heavy atom. The van der Waals surface area contributed by atoms with Crippen molar-refractivity contribution in [2.45, 2.75) is 59.6 Å². The summed E-state index contributed by atoms with van der Waals surface area (Å²) in [4.78, 5) is 0. The van der Waals surface area contributed by atoms with Crippen molar-refractivity contribution in [2.75, 3.05) is 0 Å². The van der Waals surface area contributed by atoms with Crippen molar-refractivity contribution in [2.24, 2.45) is 10.8 Å². The maximum atomic E-state index is 2.50. The minimum absolute atomic E-state index is 0.253. The van der Waals surface area contributed by atoms with E-state index >= 15 is 0 Å². The van der Waals surface area contributed by atoms with Crippen LogP contribution >= 0.6 is 0 Å². The van der Waals surface area contributed by atoms with Gasteiger partial charge in [-0.25, -0.2) is 0 Å². The number of hydrogen-bond acceptors (Lipinski definition) is 0. The van der Waals surface area contributed by atoms with Crippen LogP contribution in [0.3, 0.4) is 0 Å².